The molecule has 5 rings (SSSR count). The molecule has 2 aromatic carbocycles. The lowest BCUT2D eigenvalue weighted by Crippen LogP contribution is -2.25. The number of nitrogens with zero attached hydrogens (tertiary/aromatic N) is 2. The van der Waals surface area contributed by atoms with Crippen LogP contribution in [0.25, 0.3) is 21.9 Å². The Morgan fingerprint density at radius 1 is 1.24 bits per heavy atom. The minimum Gasteiger partial charge on any atom is -0.487 e. The highest BCUT2D eigenvalue weighted by atomic mass is 16.5. The van der Waals surface area contributed by atoms with Crippen molar-refractivity contribution in [3.63, 3.8) is 0 Å². The van der Waals surface area contributed by atoms with Crippen LogP contribution >= 0.6 is 0 Å². The third-order valence-corrected chi connectivity index (χ3v) is 6.25. The number of nitriles is 1. The minimum absolute atomic E-state index is 0.218. The van der Waals surface area contributed by atoms with E-state index in [4.69, 9.17) is 13.9 Å². The molecule has 7 heteroatoms. The van der Waals surface area contributed by atoms with E-state index in [-0.39, 0.29) is 12.7 Å². The lowest BCUT2D eigenvalue weighted by atomic mass is 9.97. The van der Waals surface area contributed by atoms with Crippen molar-refractivity contribution >= 4 is 17.2 Å². The van der Waals surface area contributed by atoms with Crippen molar-refractivity contribution in [1.29, 1.82) is 5.26 Å². The highest BCUT2D eigenvalue weighted by Crippen LogP contribution is 2.39. The van der Waals surface area contributed by atoms with Gasteiger partial charge in [-0.2, -0.15) is 5.26 Å². The summed E-state index contributed by atoms with van der Waals surface area (Å²) in [6.45, 7) is 0.644. The fourth-order valence-corrected chi connectivity index (χ4v) is 4.54. The molecule has 0 bridgehead atoms. The molecule has 2 aromatic heterocycles. The van der Waals surface area contributed by atoms with Gasteiger partial charge in [-0.3, -0.25) is 9.78 Å². The summed E-state index contributed by atoms with van der Waals surface area (Å²) in [5.74, 6) is 0.645. The first-order valence-electron chi connectivity index (χ1n) is 11.0. The maximum atomic E-state index is 11.0. The molecule has 1 fully saturated rings. The molecular weight excluding hydrogens is 432 g/mol. The number of fused-ring (bicyclic) bond motifs is 1. The van der Waals surface area contributed by atoms with Crippen LogP contribution in [0.5, 0.6) is 5.75 Å². The van der Waals surface area contributed by atoms with E-state index < -0.39 is 5.60 Å². The zero-order chi connectivity index (χ0) is 23.5. The summed E-state index contributed by atoms with van der Waals surface area (Å²) in [5, 5.41) is 22.3. The Morgan fingerprint density at radius 3 is 2.94 bits per heavy atom. The fraction of sp³-hybridized carbons (Fsp3) is 0.222. The Labute approximate surface area is 196 Å². The monoisotopic (exact) mass is 454 g/mol. The standard InChI is InChI=1S/C27H22N2O5/c28-14-18-10-20-12-22(4-5-24(20)25(11-18)19-7-9-32-15-19)33-16-21-2-1-3-26(29-21)27(31)8-6-23(13-27)34-17-30/h1-5,7,9-12,15,17,23,31H,6,8,13,16H2. The molecule has 1 N–H and O–H groups in total. The van der Waals surface area contributed by atoms with Crippen molar-refractivity contribution in [2.75, 3.05) is 0 Å². The van der Waals surface area contributed by atoms with Crippen LogP contribution in [0.3, 0.4) is 0 Å². The summed E-state index contributed by atoms with van der Waals surface area (Å²) in [7, 11) is 0. The number of aliphatic hydroxyl groups is 1. The van der Waals surface area contributed by atoms with Crippen LogP contribution in [-0.2, 0) is 21.7 Å². The lowest BCUT2D eigenvalue weighted by Gasteiger charge is -2.22. The van der Waals surface area contributed by atoms with Gasteiger partial charge in [-0.1, -0.05) is 12.1 Å². The molecule has 1 saturated carbocycles. The Balaban J connectivity index is 1.36. The van der Waals surface area contributed by atoms with E-state index in [0.717, 1.165) is 21.9 Å². The molecule has 0 amide bonds. The molecule has 0 saturated heterocycles. The number of benzene rings is 2. The number of aromatic nitrogens is 1. The number of ether oxygens (including phenoxy) is 2. The van der Waals surface area contributed by atoms with Gasteiger partial charge >= 0.3 is 0 Å². The van der Waals surface area contributed by atoms with Crippen molar-refractivity contribution in [2.24, 2.45) is 0 Å². The Bertz CT molecular complexity index is 1380. The molecule has 0 aliphatic heterocycles. The number of furan rings is 1. The van der Waals surface area contributed by atoms with Crippen LogP contribution < -0.4 is 4.74 Å². The van der Waals surface area contributed by atoms with Gasteiger partial charge in [0.05, 0.1) is 35.5 Å². The molecule has 1 aliphatic carbocycles. The van der Waals surface area contributed by atoms with Gasteiger partial charge in [-0.05, 0) is 71.6 Å². The third kappa shape index (κ3) is 4.24. The van der Waals surface area contributed by atoms with Crippen molar-refractivity contribution in [3.05, 3.63) is 84.1 Å². The smallest absolute Gasteiger partial charge is 0.293 e. The molecule has 7 nitrogen and oxygen atoms in total. The van der Waals surface area contributed by atoms with Crippen molar-refractivity contribution < 1.29 is 23.8 Å². The number of carbonyl (C=O) groups excluding carboxylic acids is 1. The molecule has 34 heavy (non-hydrogen) atoms. The second-order valence-corrected chi connectivity index (χ2v) is 8.46. The Kier molecular flexibility index (Phi) is 5.74. The molecule has 0 radical (unpaired) electrons. The molecule has 0 spiro atoms. The highest BCUT2D eigenvalue weighted by molar-refractivity contribution is 5.98. The highest BCUT2D eigenvalue weighted by Gasteiger charge is 2.41. The van der Waals surface area contributed by atoms with E-state index >= 15 is 0 Å². The summed E-state index contributed by atoms with van der Waals surface area (Å²) in [6, 6.07) is 19.0. The molecule has 170 valence electrons. The summed E-state index contributed by atoms with van der Waals surface area (Å²) >= 11 is 0. The first-order valence-corrected chi connectivity index (χ1v) is 11.0. The van der Waals surface area contributed by atoms with Gasteiger partial charge in [-0.15, -0.1) is 0 Å². The average Bonchev–Trinajstić information content (AvgIpc) is 3.53. The van der Waals surface area contributed by atoms with Gasteiger partial charge in [0.25, 0.3) is 6.47 Å². The van der Waals surface area contributed by atoms with Crippen LogP contribution in [0.2, 0.25) is 0 Å². The maximum absolute atomic E-state index is 11.0. The summed E-state index contributed by atoms with van der Waals surface area (Å²) < 4.78 is 16.2. The average molecular weight is 454 g/mol. The van der Waals surface area contributed by atoms with Gasteiger partial charge in [0.2, 0.25) is 0 Å². The van der Waals surface area contributed by atoms with Crippen molar-refractivity contribution in [3.8, 4) is 22.9 Å². The third-order valence-electron chi connectivity index (χ3n) is 6.25. The molecule has 2 heterocycles. The Morgan fingerprint density at radius 2 is 2.15 bits per heavy atom. The second kappa shape index (κ2) is 9.00. The van der Waals surface area contributed by atoms with Gasteiger partial charge in [0, 0.05) is 12.0 Å². The number of hydrogen-bond acceptors (Lipinski definition) is 7. The molecular formula is C27H22N2O5. The van der Waals surface area contributed by atoms with Crippen LogP contribution in [-0.4, -0.2) is 22.7 Å². The largest absolute Gasteiger partial charge is 0.487 e. The van der Waals surface area contributed by atoms with E-state index in [9.17, 15) is 15.2 Å². The minimum atomic E-state index is -1.12. The topological polar surface area (TPSA) is 106 Å². The first-order chi connectivity index (χ1) is 16.6. The van der Waals surface area contributed by atoms with Gasteiger partial charge in [0.15, 0.2) is 0 Å². The maximum Gasteiger partial charge on any atom is 0.293 e. The van der Waals surface area contributed by atoms with Crippen molar-refractivity contribution in [2.45, 2.75) is 37.6 Å². The SMILES string of the molecule is N#Cc1cc(-c2ccoc2)c2ccc(OCc3cccc(C4(O)CCC(OC=O)C4)n3)cc2c1. The predicted octanol–water partition coefficient (Wildman–Crippen LogP) is 4.86. The van der Waals surface area contributed by atoms with E-state index in [0.29, 0.717) is 48.4 Å². The molecule has 4 aromatic rings. The number of carbonyl (C=O) groups is 1. The zero-order valence-electron chi connectivity index (χ0n) is 18.3. The Hall–Kier alpha value is -4.15. The lowest BCUT2D eigenvalue weighted by molar-refractivity contribution is -0.134. The number of hydrogen-bond donors (Lipinski definition) is 1. The molecule has 2 atom stereocenters. The normalized spacial score (nSPS) is 19.6. The molecule has 2 unspecified atom stereocenters. The van der Waals surface area contributed by atoms with Gasteiger partial charge < -0.3 is 19.0 Å². The quantitative estimate of drug-likeness (QED) is 0.398. The summed E-state index contributed by atoms with van der Waals surface area (Å²) in [5.41, 5.74) is 2.48. The van der Waals surface area contributed by atoms with E-state index in [1.54, 1.807) is 18.6 Å². The summed E-state index contributed by atoms with van der Waals surface area (Å²) in [6.07, 6.45) is 4.37. The van der Waals surface area contributed by atoms with Crippen LogP contribution in [0.15, 0.2) is 71.5 Å². The zero-order valence-corrected chi connectivity index (χ0v) is 18.3. The van der Waals surface area contributed by atoms with Crippen LogP contribution in [0, 0.1) is 11.3 Å². The predicted molar refractivity (Wildman–Crippen MR) is 124 cm³/mol. The summed E-state index contributed by atoms with van der Waals surface area (Å²) in [4.78, 5) is 15.2. The van der Waals surface area contributed by atoms with Crippen LogP contribution in [0.4, 0.5) is 0 Å². The van der Waals surface area contributed by atoms with Gasteiger partial charge in [-0.25, -0.2) is 0 Å². The fourth-order valence-electron chi connectivity index (χ4n) is 4.54. The second-order valence-electron chi connectivity index (χ2n) is 8.46. The van der Waals surface area contributed by atoms with Gasteiger partial charge in [0.1, 0.15) is 24.1 Å². The van der Waals surface area contributed by atoms with Crippen molar-refractivity contribution in [1.82, 2.24) is 4.98 Å². The molecule has 1 aliphatic rings. The number of rotatable bonds is 7. The van der Waals surface area contributed by atoms with Crippen LogP contribution in [0.1, 0.15) is 36.2 Å². The van der Waals surface area contributed by atoms with E-state index in [1.807, 2.05) is 48.5 Å². The van der Waals surface area contributed by atoms with E-state index in [2.05, 4.69) is 11.1 Å². The first kappa shape index (κ1) is 21.7. The number of pyridine rings is 1. The van der Waals surface area contributed by atoms with E-state index in [1.165, 1.54) is 0 Å².